The van der Waals surface area contributed by atoms with Crippen molar-refractivity contribution in [2.45, 2.75) is 19.4 Å². The maximum absolute atomic E-state index is 12.4. The van der Waals surface area contributed by atoms with E-state index < -0.39 is 6.10 Å². The molecule has 0 bridgehead atoms. The summed E-state index contributed by atoms with van der Waals surface area (Å²) in [7, 11) is 3.19. The van der Waals surface area contributed by atoms with Crippen LogP contribution in [0.5, 0.6) is 17.2 Å². The Kier molecular flexibility index (Phi) is 5.86. The molecule has 5 nitrogen and oxygen atoms in total. The fourth-order valence-electron chi connectivity index (χ4n) is 2.06. The minimum Gasteiger partial charge on any atom is -0.497 e. The van der Waals surface area contributed by atoms with Crippen LogP contribution in [-0.2, 0) is 4.79 Å². The van der Waals surface area contributed by atoms with Gasteiger partial charge in [-0.3, -0.25) is 4.79 Å². The standard InChI is InChI=1S/C18H21NO4/c1-4-17(23-15-10-8-14(21-2)9-11-15)18(20)19-13-6-5-7-16(12-13)22-3/h5-12,17H,4H2,1-3H3,(H,19,20). The van der Waals surface area contributed by atoms with Gasteiger partial charge < -0.3 is 19.5 Å². The summed E-state index contributed by atoms with van der Waals surface area (Å²) in [6, 6.07) is 14.4. The molecule has 0 saturated heterocycles. The molecule has 1 atom stereocenters. The molecule has 1 amide bonds. The van der Waals surface area contributed by atoms with E-state index in [1.807, 2.05) is 19.1 Å². The second kappa shape index (κ2) is 8.08. The molecule has 0 radical (unpaired) electrons. The van der Waals surface area contributed by atoms with E-state index in [0.717, 1.165) is 5.75 Å². The SMILES string of the molecule is CCC(Oc1ccc(OC)cc1)C(=O)Nc1cccc(OC)c1. The Hall–Kier alpha value is -2.69. The highest BCUT2D eigenvalue weighted by atomic mass is 16.5. The van der Waals surface area contributed by atoms with Crippen LogP contribution in [0.2, 0.25) is 0 Å². The third kappa shape index (κ3) is 4.64. The Labute approximate surface area is 136 Å². The number of rotatable bonds is 7. The van der Waals surface area contributed by atoms with Gasteiger partial charge in [0.1, 0.15) is 17.2 Å². The Bertz CT molecular complexity index is 640. The fourth-order valence-corrected chi connectivity index (χ4v) is 2.06. The number of nitrogens with one attached hydrogen (secondary N) is 1. The first-order valence-corrected chi connectivity index (χ1v) is 7.42. The predicted molar refractivity (Wildman–Crippen MR) is 89.3 cm³/mol. The Morgan fingerprint density at radius 3 is 2.26 bits per heavy atom. The molecule has 1 unspecified atom stereocenters. The van der Waals surface area contributed by atoms with Gasteiger partial charge in [0.15, 0.2) is 6.10 Å². The smallest absolute Gasteiger partial charge is 0.265 e. The van der Waals surface area contributed by atoms with Gasteiger partial charge >= 0.3 is 0 Å². The summed E-state index contributed by atoms with van der Waals surface area (Å²) in [6.45, 7) is 1.90. The van der Waals surface area contributed by atoms with E-state index in [2.05, 4.69) is 5.32 Å². The fraction of sp³-hybridized carbons (Fsp3) is 0.278. The largest absolute Gasteiger partial charge is 0.497 e. The Morgan fingerprint density at radius 1 is 1.00 bits per heavy atom. The highest BCUT2D eigenvalue weighted by Gasteiger charge is 2.18. The van der Waals surface area contributed by atoms with Crippen LogP contribution < -0.4 is 19.5 Å². The van der Waals surface area contributed by atoms with Crippen molar-refractivity contribution in [3.8, 4) is 17.2 Å². The van der Waals surface area contributed by atoms with Crippen LogP contribution in [0.25, 0.3) is 0 Å². The van der Waals surface area contributed by atoms with Crippen molar-refractivity contribution in [2.75, 3.05) is 19.5 Å². The highest BCUT2D eigenvalue weighted by Crippen LogP contribution is 2.20. The molecule has 0 aliphatic heterocycles. The molecule has 0 spiro atoms. The van der Waals surface area contributed by atoms with Gasteiger partial charge in [-0.15, -0.1) is 0 Å². The summed E-state index contributed by atoms with van der Waals surface area (Å²) in [5.41, 5.74) is 0.672. The van der Waals surface area contributed by atoms with Gasteiger partial charge in [0.2, 0.25) is 0 Å². The maximum atomic E-state index is 12.4. The Morgan fingerprint density at radius 2 is 1.65 bits per heavy atom. The molecule has 0 saturated carbocycles. The van der Waals surface area contributed by atoms with Crippen molar-refractivity contribution in [3.63, 3.8) is 0 Å². The summed E-state index contributed by atoms with van der Waals surface area (Å²) in [5, 5.41) is 2.84. The lowest BCUT2D eigenvalue weighted by atomic mass is 10.2. The molecular formula is C18H21NO4. The van der Waals surface area contributed by atoms with Crippen LogP contribution in [0.4, 0.5) is 5.69 Å². The van der Waals surface area contributed by atoms with Crippen molar-refractivity contribution in [2.24, 2.45) is 0 Å². The van der Waals surface area contributed by atoms with Gasteiger partial charge in [-0.2, -0.15) is 0 Å². The quantitative estimate of drug-likeness (QED) is 0.849. The monoisotopic (exact) mass is 315 g/mol. The molecule has 5 heteroatoms. The first-order valence-electron chi connectivity index (χ1n) is 7.42. The van der Waals surface area contributed by atoms with Gasteiger partial charge in [-0.25, -0.2) is 0 Å². The Balaban J connectivity index is 2.02. The highest BCUT2D eigenvalue weighted by molar-refractivity contribution is 5.94. The van der Waals surface area contributed by atoms with E-state index in [1.165, 1.54) is 0 Å². The average Bonchev–Trinajstić information content (AvgIpc) is 2.60. The molecule has 0 aromatic heterocycles. The molecule has 2 aromatic rings. The molecular weight excluding hydrogens is 294 g/mol. The third-order valence-corrected chi connectivity index (χ3v) is 3.34. The van der Waals surface area contributed by atoms with Crippen molar-refractivity contribution in [1.29, 1.82) is 0 Å². The number of carbonyl (C=O) groups is 1. The second-order valence-electron chi connectivity index (χ2n) is 4.91. The van der Waals surface area contributed by atoms with Crippen LogP contribution >= 0.6 is 0 Å². The molecule has 0 fully saturated rings. The number of carbonyl (C=O) groups excluding carboxylic acids is 1. The molecule has 1 N–H and O–H groups in total. The molecule has 122 valence electrons. The number of ether oxygens (including phenoxy) is 3. The zero-order valence-corrected chi connectivity index (χ0v) is 13.5. The van der Waals surface area contributed by atoms with Crippen molar-refractivity contribution < 1.29 is 19.0 Å². The number of anilines is 1. The molecule has 23 heavy (non-hydrogen) atoms. The van der Waals surface area contributed by atoms with Gasteiger partial charge in [0.05, 0.1) is 14.2 Å². The van der Waals surface area contributed by atoms with Gasteiger partial charge in [0.25, 0.3) is 5.91 Å². The second-order valence-corrected chi connectivity index (χ2v) is 4.91. The topological polar surface area (TPSA) is 56.8 Å². The third-order valence-electron chi connectivity index (χ3n) is 3.34. The van der Waals surface area contributed by atoms with Gasteiger partial charge in [-0.1, -0.05) is 13.0 Å². The van der Waals surface area contributed by atoms with E-state index >= 15 is 0 Å². The van der Waals surface area contributed by atoms with Gasteiger partial charge in [0, 0.05) is 11.8 Å². The number of hydrogen-bond donors (Lipinski definition) is 1. The van der Waals surface area contributed by atoms with E-state index in [1.54, 1.807) is 50.6 Å². The summed E-state index contributed by atoms with van der Waals surface area (Å²) < 4.78 is 16.0. The number of amides is 1. The predicted octanol–water partition coefficient (Wildman–Crippen LogP) is 3.50. The lowest BCUT2D eigenvalue weighted by Crippen LogP contribution is -2.32. The number of methoxy groups -OCH3 is 2. The molecule has 0 heterocycles. The van der Waals surface area contributed by atoms with E-state index in [0.29, 0.717) is 23.6 Å². The van der Waals surface area contributed by atoms with Crippen LogP contribution in [0.3, 0.4) is 0 Å². The van der Waals surface area contributed by atoms with E-state index in [-0.39, 0.29) is 5.91 Å². The van der Waals surface area contributed by atoms with Crippen LogP contribution in [-0.4, -0.2) is 26.2 Å². The van der Waals surface area contributed by atoms with E-state index in [4.69, 9.17) is 14.2 Å². The van der Waals surface area contributed by atoms with Crippen molar-refractivity contribution >= 4 is 11.6 Å². The van der Waals surface area contributed by atoms with Crippen molar-refractivity contribution in [3.05, 3.63) is 48.5 Å². The maximum Gasteiger partial charge on any atom is 0.265 e. The van der Waals surface area contributed by atoms with E-state index in [9.17, 15) is 4.79 Å². The summed E-state index contributed by atoms with van der Waals surface area (Å²) >= 11 is 0. The van der Waals surface area contributed by atoms with Crippen LogP contribution in [0.1, 0.15) is 13.3 Å². The van der Waals surface area contributed by atoms with Gasteiger partial charge in [-0.05, 0) is 42.8 Å². The minimum absolute atomic E-state index is 0.198. The lowest BCUT2D eigenvalue weighted by molar-refractivity contribution is -0.122. The molecule has 2 aromatic carbocycles. The van der Waals surface area contributed by atoms with Crippen LogP contribution in [0, 0.1) is 0 Å². The molecule has 2 rings (SSSR count). The zero-order chi connectivity index (χ0) is 16.7. The first-order chi connectivity index (χ1) is 11.2. The first kappa shape index (κ1) is 16.7. The summed E-state index contributed by atoms with van der Waals surface area (Å²) in [4.78, 5) is 12.4. The lowest BCUT2D eigenvalue weighted by Gasteiger charge is -2.17. The number of hydrogen-bond acceptors (Lipinski definition) is 4. The normalized spacial score (nSPS) is 11.4. The molecule has 0 aliphatic rings. The number of benzene rings is 2. The summed E-state index contributed by atoms with van der Waals surface area (Å²) in [6.07, 6.45) is -0.0171. The average molecular weight is 315 g/mol. The molecule has 0 aliphatic carbocycles. The zero-order valence-electron chi connectivity index (χ0n) is 13.5. The summed E-state index contributed by atoms with van der Waals surface area (Å²) in [5.74, 6) is 1.85. The van der Waals surface area contributed by atoms with Crippen molar-refractivity contribution in [1.82, 2.24) is 0 Å². The van der Waals surface area contributed by atoms with Crippen LogP contribution in [0.15, 0.2) is 48.5 Å². The minimum atomic E-state index is -0.574.